The molecule has 4 rings (SSSR count). The van der Waals surface area contributed by atoms with Crippen LogP contribution in [-0.4, -0.2) is 26.0 Å². The first-order valence-electron chi connectivity index (χ1n) is 10.3. The number of benzene rings is 3. The van der Waals surface area contributed by atoms with Crippen LogP contribution in [0.5, 0.6) is 5.75 Å². The van der Waals surface area contributed by atoms with Gasteiger partial charge in [0.25, 0.3) is 15.9 Å². The van der Waals surface area contributed by atoms with Crippen LogP contribution in [-0.2, 0) is 16.6 Å². The third kappa shape index (κ3) is 4.64. The number of allylic oxidation sites excluding steroid dienone is 1. The number of halogens is 1. The Morgan fingerprint density at radius 3 is 2.59 bits per heavy atom. The number of nitrogens with one attached hydrogen (secondary N) is 2. The van der Waals surface area contributed by atoms with E-state index in [0.717, 1.165) is 10.9 Å². The normalized spacial score (nSPS) is 11.2. The van der Waals surface area contributed by atoms with Crippen molar-refractivity contribution in [1.82, 2.24) is 4.57 Å². The number of sulfonamides is 1. The molecule has 0 saturated carbocycles. The molecule has 0 aliphatic heterocycles. The number of carbonyl (C=O) groups is 1. The Kier molecular flexibility index (Phi) is 6.63. The number of amides is 1. The van der Waals surface area contributed by atoms with Gasteiger partial charge in [-0.1, -0.05) is 48.0 Å². The number of hydrogen-bond acceptors (Lipinski definition) is 4. The molecule has 0 aliphatic carbocycles. The molecule has 7 nitrogen and oxygen atoms in total. The molecular formula is C25H22ClN3O4S. The van der Waals surface area contributed by atoms with Crippen LogP contribution in [0.15, 0.2) is 90.5 Å². The van der Waals surface area contributed by atoms with Crippen molar-refractivity contribution in [2.24, 2.45) is 0 Å². The zero-order chi connectivity index (χ0) is 24.3. The smallest absolute Gasteiger partial charge is 0.265 e. The molecule has 0 bridgehead atoms. The summed E-state index contributed by atoms with van der Waals surface area (Å²) in [5.74, 6) is -0.244. The second-order valence-corrected chi connectivity index (χ2v) is 9.46. The Balaban J connectivity index is 1.67. The molecule has 3 aromatic carbocycles. The molecule has 0 saturated heterocycles. The van der Waals surface area contributed by atoms with Crippen molar-refractivity contribution in [3.63, 3.8) is 0 Å². The zero-order valence-corrected chi connectivity index (χ0v) is 19.9. The number of rotatable bonds is 8. The minimum absolute atomic E-state index is 0.125. The summed E-state index contributed by atoms with van der Waals surface area (Å²) in [6.07, 6.45) is 3.50. The lowest BCUT2D eigenvalue weighted by atomic mass is 10.1. The molecule has 2 N–H and O–H groups in total. The Morgan fingerprint density at radius 2 is 1.85 bits per heavy atom. The van der Waals surface area contributed by atoms with E-state index in [2.05, 4.69) is 16.6 Å². The van der Waals surface area contributed by atoms with Crippen molar-refractivity contribution in [3.05, 3.63) is 96.2 Å². The number of ether oxygens (including phenoxy) is 1. The van der Waals surface area contributed by atoms with E-state index >= 15 is 0 Å². The fraction of sp³-hybridized carbons (Fsp3) is 0.0800. The summed E-state index contributed by atoms with van der Waals surface area (Å²) in [4.78, 5) is 13.0. The minimum atomic E-state index is -4.07. The van der Waals surface area contributed by atoms with Gasteiger partial charge in [0, 0.05) is 29.3 Å². The Hall–Kier alpha value is -3.75. The highest BCUT2D eigenvalue weighted by molar-refractivity contribution is 7.92. The van der Waals surface area contributed by atoms with E-state index in [1.165, 1.54) is 19.2 Å². The number of fused-ring (bicyclic) bond motifs is 1. The van der Waals surface area contributed by atoms with Crippen LogP contribution in [0.2, 0.25) is 5.02 Å². The molecule has 0 spiro atoms. The van der Waals surface area contributed by atoms with Crippen LogP contribution in [0.25, 0.3) is 10.9 Å². The summed E-state index contributed by atoms with van der Waals surface area (Å²) in [5, 5.41) is 3.83. The van der Waals surface area contributed by atoms with Crippen LogP contribution in [0.1, 0.15) is 10.4 Å². The maximum absolute atomic E-state index is 13.1. The lowest BCUT2D eigenvalue weighted by molar-refractivity contribution is 0.102. The standard InChI is InChI=1S/C25H22ClN3O4S/c1-3-14-29-16-19(18-8-4-7-11-22(18)29)25(30)27-17-12-13-23(33-2)24(15-17)34(31,32)28-21-10-6-5-9-20(21)26/h3-13,15-16,28H,1,14H2,2H3,(H,27,30). The quantitative estimate of drug-likeness (QED) is 0.314. The van der Waals surface area contributed by atoms with E-state index in [1.807, 2.05) is 28.8 Å². The van der Waals surface area contributed by atoms with E-state index < -0.39 is 10.0 Å². The van der Waals surface area contributed by atoms with Gasteiger partial charge in [-0.15, -0.1) is 6.58 Å². The molecule has 0 radical (unpaired) electrons. The van der Waals surface area contributed by atoms with Gasteiger partial charge in [0.15, 0.2) is 0 Å². The van der Waals surface area contributed by atoms with E-state index in [1.54, 1.807) is 42.6 Å². The van der Waals surface area contributed by atoms with Crippen molar-refractivity contribution < 1.29 is 17.9 Å². The fourth-order valence-corrected chi connectivity index (χ4v) is 5.14. The average Bonchev–Trinajstić information content (AvgIpc) is 3.19. The molecule has 0 unspecified atom stereocenters. The van der Waals surface area contributed by atoms with Crippen molar-refractivity contribution in [2.75, 3.05) is 17.1 Å². The number of nitrogens with zero attached hydrogens (tertiary/aromatic N) is 1. The van der Waals surface area contributed by atoms with Crippen molar-refractivity contribution >= 4 is 49.8 Å². The zero-order valence-electron chi connectivity index (χ0n) is 18.3. The van der Waals surface area contributed by atoms with E-state index in [9.17, 15) is 13.2 Å². The summed E-state index contributed by atoms with van der Waals surface area (Å²) in [7, 11) is -2.69. The number of carbonyl (C=O) groups excluding carboxylic acids is 1. The molecule has 4 aromatic rings. The van der Waals surface area contributed by atoms with E-state index in [0.29, 0.717) is 17.8 Å². The van der Waals surface area contributed by atoms with Gasteiger partial charge in [0.05, 0.1) is 23.4 Å². The Labute approximate surface area is 202 Å². The first-order valence-corrected chi connectivity index (χ1v) is 12.2. The van der Waals surface area contributed by atoms with E-state index in [4.69, 9.17) is 16.3 Å². The second kappa shape index (κ2) is 9.62. The van der Waals surface area contributed by atoms with Crippen LogP contribution < -0.4 is 14.8 Å². The SMILES string of the molecule is C=CCn1cc(C(=O)Nc2ccc(OC)c(S(=O)(=O)Nc3ccccc3Cl)c2)c2ccccc21. The molecule has 0 atom stereocenters. The molecule has 0 aliphatic rings. The van der Waals surface area contributed by atoms with Crippen molar-refractivity contribution in [2.45, 2.75) is 11.4 Å². The highest BCUT2D eigenvalue weighted by atomic mass is 35.5. The predicted octanol–water partition coefficient (Wildman–Crippen LogP) is 5.54. The van der Waals surface area contributed by atoms with Crippen LogP contribution in [0.3, 0.4) is 0 Å². The summed E-state index contributed by atoms with van der Waals surface area (Å²) in [5.41, 5.74) is 1.89. The van der Waals surface area contributed by atoms with Gasteiger partial charge in [-0.3, -0.25) is 9.52 Å². The van der Waals surface area contributed by atoms with E-state index in [-0.39, 0.29) is 27.3 Å². The molecule has 174 valence electrons. The van der Waals surface area contributed by atoms with Gasteiger partial charge in [-0.25, -0.2) is 8.42 Å². The summed E-state index contributed by atoms with van der Waals surface area (Å²) in [6, 6.07) is 18.4. The molecule has 1 heterocycles. The third-order valence-corrected chi connectivity index (χ3v) is 6.90. The van der Waals surface area contributed by atoms with Gasteiger partial charge < -0.3 is 14.6 Å². The average molecular weight is 496 g/mol. The number of anilines is 2. The first kappa shape index (κ1) is 23.4. The van der Waals surface area contributed by atoms with Gasteiger partial charge >= 0.3 is 0 Å². The lowest BCUT2D eigenvalue weighted by Gasteiger charge is -2.14. The second-order valence-electron chi connectivity index (χ2n) is 7.41. The number of aromatic nitrogens is 1. The van der Waals surface area contributed by atoms with Crippen molar-refractivity contribution in [3.8, 4) is 5.75 Å². The Morgan fingerprint density at radius 1 is 1.12 bits per heavy atom. The summed E-state index contributed by atoms with van der Waals surface area (Å²) < 4.78 is 35.9. The number of para-hydroxylation sites is 2. The van der Waals surface area contributed by atoms with Gasteiger partial charge in [-0.05, 0) is 36.4 Å². The monoisotopic (exact) mass is 495 g/mol. The van der Waals surface area contributed by atoms with Gasteiger partial charge in [0.1, 0.15) is 10.6 Å². The molecular weight excluding hydrogens is 474 g/mol. The Bertz CT molecular complexity index is 1500. The minimum Gasteiger partial charge on any atom is -0.495 e. The fourth-order valence-electron chi connectivity index (χ4n) is 3.62. The first-order chi connectivity index (χ1) is 16.3. The molecule has 1 amide bonds. The number of hydrogen-bond donors (Lipinski definition) is 2. The highest BCUT2D eigenvalue weighted by Gasteiger charge is 2.22. The molecule has 9 heteroatoms. The largest absolute Gasteiger partial charge is 0.495 e. The van der Waals surface area contributed by atoms with Gasteiger partial charge in [-0.2, -0.15) is 0 Å². The third-order valence-electron chi connectivity index (χ3n) is 5.19. The van der Waals surface area contributed by atoms with Crippen LogP contribution in [0, 0.1) is 0 Å². The topological polar surface area (TPSA) is 89.4 Å². The molecule has 0 fully saturated rings. The van der Waals surface area contributed by atoms with Crippen molar-refractivity contribution in [1.29, 1.82) is 0 Å². The van der Waals surface area contributed by atoms with Crippen LogP contribution >= 0.6 is 11.6 Å². The lowest BCUT2D eigenvalue weighted by Crippen LogP contribution is -2.16. The van der Waals surface area contributed by atoms with Crippen LogP contribution in [0.4, 0.5) is 11.4 Å². The summed E-state index contributed by atoms with van der Waals surface area (Å²) in [6.45, 7) is 4.31. The maximum atomic E-state index is 13.1. The summed E-state index contributed by atoms with van der Waals surface area (Å²) >= 11 is 6.11. The highest BCUT2D eigenvalue weighted by Crippen LogP contribution is 2.31. The maximum Gasteiger partial charge on any atom is 0.265 e. The van der Waals surface area contributed by atoms with Gasteiger partial charge in [0.2, 0.25) is 0 Å². The number of methoxy groups -OCH3 is 1. The predicted molar refractivity (Wildman–Crippen MR) is 135 cm³/mol. The molecule has 34 heavy (non-hydrogen) atoms. The molecule has 1 aromatic heterocycles.